The fraction of sp³-hybridized carbons (Fsp3) is 0.235. The minimum Gasteiger partial charge on any atom is -0.504 e. The van der Waals surface area contributed by atoms with Gasteiger partial charge in [0.2, 0.25) is 0 Å². The van der Waals surface area contributed by atoms with Crippen molar-refractivity contribution in [3.63, 3.8) is 0 Å². The van der Waals surface area contributed by atoms with Gasteiger partial charge in [0.05, 0.1) is 11.3 Å². The van der Waals surface area contributed by atoms with Crippen LogP contribution in [0.2, 0.25) is 0 Å². The Hall–Kier alpha value is -3.17. The van der Waals surface area contributed by atoms with Crippen LogP contribution >= 0.6 is 0 Å². The van der Waals surface area contributed by atoms with Crippen molar-refractivity contribution in [1.29, 1.82) is 0 Å². The molecular weight excluding hydrogens is 346 g/mol. The summed E-state index contributed by atoms with van der Waals surface area (Å²) in [5, 5.41) is 18.7. The first kappa shape index (κ1) is 19.2. The molecule has 0 saturated carbocycles. The Morgan fingerprint density at radius 1 is 0.923 bits per heavy atom. The molecule has 9 heteroatoms. The number of phenolic OH excluding ortho intramolecular Hbond substituents is 2. The first-order valence-corrected chi connectivity index (χ1v) is 7.42. The Bertz CT molecular complexity index is 750. The van der Waals surface area contributed by atoms with E-state index in [9.17, 15) is 15.0 Å². The third-order valence-corrected chi connectivity index (χ3v) is 3.08. The van der Waals surface area contributed by atoms with Crippen molar-refractivity contribution in [2.24, 2.45) is 0 Å². The molecule has 2 aromatic carbocycles. The number of benzene rings is 2. The van der Waals surface area contributed by atoms with Crippen LogP contribution in [0.3, 0.4) is 0 Å². The van der Waals surface area contributed by atoms with E-state index < -0.39 is 11.7 Å². The molecule has 0 unspecified atom stereocenters. The summed E-state index contributed by atoms with van der Waals surface area (Å²) in [6, 6.07) is 8.34. The average Bonchev–Trinajstić information content (AvgIpc) is 2.65. The zero-order chi connectivity index (χ0) is 18.9. The second kappa shape index (κ2) is 9.35. The van der Waals surface area contributed by atoms with Crippen LogP contribution < -0.4 is 15.0 Å². The number of rotatable bonds is 9. The van der Waals surface area contributed by atoms with Crippen LogP contribution in [-0.2, 0) is 14.3 Å². The molecule has 2 rings (SSSR count). The third kappa shape index (κ3) is 5.16. The second-order valence-electron chi connectivity index (χ2n) is 4.96. The SMILES string of the molecule is COCOc1ccc(NOC(=O)c2ccc(O)c(O)c2)cc1OCOC. The number of anilines is 1. The summed E-state index contributed by atoms with van der Waals surface area (Å²) in [5.74, 6) is -0.730. The van der Waals surface area contributed by atoms with Crippen LogP contribution in [0.15, 0.2) is 36.4 Å². The van der Waals surface area contributed by atoms with Gasteiger partial charge in [0, 0.05) is 20.3 Å². The molecular formula is C17H19NO8. The van der Waals surface area contributed by atoms with Crippen molar-refractivity contribution in [3.05, 3.63) is 42.0 Å². The van der Waals surface area contributed by atoms with E-state index in [2.05, 4.69) is 5.48 Å². The number of hydrogen-bond donors (Lipinski definition) is 3. The van der Waals surface area contributed by atoms with E-state index in [4.69, 9.17) is 23.8 Å². The number of aromatic hydroxyl groups is 2. The predicted molar refractivity (Wildman–Crippen MR) is 90.3 cm³/mol. The molecule has 0 atom stereocenters. The van der Waals surface area contributed by atoms with Gasteiger partial charge in [-0.05, 0) is 30.3 Å². The molecule has 26 heavy (non-hydrogen) atoms. The van der Waals surface area contributed by atoms with E-state index in [1.54, 1.807) is 18.2 Å². The fourth-order valence-corrected chi connectivity index (χ4v) is 1.86. The predicted octanol–water partition coefficient (Wildman–Crippen LogP) is 2.25. The number of nitrogens with one attached hydrogen (secondary N) is 1. The molecule has 0 radical (unpaired) electrons. The molecule has 0 heterocycles. The number of ether oxygens (including phenoxy) is 4. The molecule has 140 valence electrons. The van der Waals surface area contributed by atoms with Crippen LogP contribution in [0.25, 0.3) is 0 Å². The minimum atomic E-state index is -0.751. The van der Waals surface area contributed by atoms with E-state index in [1.165, 1.54) is 26.4 Å². The first-order chi connectivity index (χ1) is 12.5. The highest BCUT2D eigenvalue weighted by atomic mass is 16.7. The van der Waals surface area contributed by atoms with Crippen molar-refractivity contribution < 1.29 is 38.8 Å². The lowest BCUT2D eigenvalue weighted by atomic mass is 10.2. The zero-order valence-electron chi connectivity index (χ0n) is 14.2. The molecule has 0 aliphatic carbocycles. The smallest absolute Gasteiger partial charge is 0.362 e. The Kier molecular flexibility index (Phi) is 6.89. The number of carbonyl (C=O) groups is 1. The largest absolute Gasteiger partial charge is 0.504 e. The highest BCUT2D eigenvalue weighted by molar-refractivity contribution is 5.90. The molecule has 9 nitrogen and oxygen atoms in total. The van der Waals surface area contributed by atoms with E-state index in [1.807, 2.05) is 0 Å². The normalized spacial score (nSPS) is 10.2. The second-order valence-corrected chi connectivity index (χ2v) is 4.96. The van der Waals surface area contributed by atoms with E-state index >= 15 is 0 Å². The Labute approximate surface area is 149 Å². The number of hydrogen-bond acceptors (Lipinski definition) is 9. The van der Waals surface area contributed by atoms with Gasteiger partial charge in [-0.2, -0.15) is 0 Å². The first-order valence-electron chi connectivity index (χ1n) is 7.42. The lowest BCUT2D eigenvalue weighted by Gasteiger charge is -2.14. The van der Waals surface area contributed by atoms with Gasteiger partial charge in [-0.15, -0.1) is 0 Å². The highest BCUT2D eigenvalue weighted by Gasteiger charge is 2.12. The van der Waals surface area contributed by atoms with Gasteiger partial charge in [-0.1, -0.05) is 0 Å². The number of carbonyl (C=O) groups excluding carboxylic acids is 1. The monoisotopic (exact) mass is 365 g/mol. The summed E-state index contributed by atoms with van der Waals surface area (Å²) >= 11 is 0. The Morgan fingerprint density at radius 2 is 1.62 bits per heavy atom. The lowest BCUT2D eigenvalue weighted by molar-refractivity contribution is 0.0322. The van der Waals surface area contributed by atoms with Gasteiger partial charge < -0.3 is 34.0 Å². The Balaban J connectivity index is 2.05. The molecule has 0 aliphatic heterocycles. The summed E-state index contributed by atoms with van der Waals surface area (Å²) in [7, 11) is 2.97. The summed E-state index contributed by atoms with van der Waals surface area (Å²) < 4.78 is 20.5. The van der Waals surface area contributed by atoms with Gasteiger partial charge in [-0.3, -0.25) is 0 Å². The van der Waals surface area contributed by atoms with Crippen LogP contribution in [0.4, 0.5) is 5.69 Å². The molecule has 0 bridgehead atoms. The minimum absolute atomic E-state index is 0.000627. The van der Waals surface area contributed by atoms with Gasteiger partial charge >= 0.3 is 5.97 Å². The molecule has 0 aromatic heterocycles. The van der Waals surface area contributed by atoms with Gasteiger partial charge in [0.1, 0.15) is 0 Å². The van der Waals surface area contributed by atoms with E-state index in [-0.39, 0.29) is 24.9 Å². The molecule has 0 fully saturated rings. The van der Waals surface area contributed by atoms with Crippen LogP contribution in [0.5, 0.6) is 23.0 Å². The summed E-state index contributed by atoms with van der Waals surface area (Å²) in [4.78, 5) is 16.9. The van der Waals surface area contributed by atoms with Gasteiger partial charge in [-0.25, -0.2) is 10.3 Å². The standard InChI is InChI=1S/C17H19NO8/c1-22-9-24-15-6-4-12(8-16(15)25-10-23-2)18-26-17(21)11-3-5-13(19)14(20)7-11/h3-8,18-20H,9-10H2,1-2H3. The maximum atomic E-state index is 12.0. The molecule has 0 saturated heterocycles. The number of methoxy groups -OCH3 is 2. The highest BCUT2D eigenvalue weighted by Crippen LogP contribution is 2.31. The fourth-order valence-electron chi connectivity index (χ4n) is 1.86. The van der Waals surface area contributed by atoms with Crippen LogP contribution in [0.1, 0.15) is 10.4 Å². The van der Waals surface area contributed by atoms with E-state index in [0.717, 1.165) is 6.07 Å². The molecule has 0 spiro atoms. The van der Waals surface area contributed by atoms with Crippen molar-refractivity contribution in [2.45, 2.75) is 0 Å². The topological polar surface area (TPSA) is 116 Å². The molecule has 0 amide bonds. The van der Waals surface area contributed by atoms with Crippen molar-refractivity contribution in [3.8, 4) is 23.0 Å². The van der Waals surface area contributed by atoms with Gasteiger partial charge in [0.25, 0.3) is 0 Å². The average molecular weight is 365 g/mol. The maximum Gasteiger partial charge on any atom is 0.362 e. The molecule has 0 aliphatic rings. The zero-order valence-corrected chi connectivity index (χ0v) is 14.2. The van der Waals surface area contributed by atoms with Crippen molar-refractivity contribution >= 4 is 11.7 Å². The van der Waals surface area contributed by atoms with E-state index in [0.29, 0.717) is 17.2 Å². The van der Waals surface area contributed by atoms with Crippen molar-refractivity contribution in [1.82, 2.24) is 0 Å². The third-order valence-electron chi connectivity index (χ3n) is 3.08. The summed E-state index contributed by atoms with van der Waals surface area (Å²) in [6.45, 7) is 0.0365. The van der Waals surface area contributed by atoms with Gasteiger partial charge in [0.15, 0.2) is 36.6 Å². The molecule has 2 aromatic rings. The lowest BCUT2D eigenvalue weighted by Crippen LogP contribution is -2.11. The molecule has 3 N–H and O–H groups in total. The summed E-state index contributed by atoms with van der Waals surface area (Å²) in [6.07, 6.45) is 0. The quantitative estimate of drug-likeness (QED) is 0.349. The van der Waals surface area contributed by atoms with Crippen LogP contribution in [0, 0.1) is 0 Å². The van der Waals surface area contributed by atoms with Crippen LogP contribution in [-0.4, -0.2) is 44.0 Å². The summed E-state index contributed by atoms with van der Waals surface area (Å²) in [5.41, 5.74) is 2.95. The maximum absolute atomic E-state index is 12.0. The Morgan fingerprint density at radius 3 is 2.27 bits per heavy atom. The van der Waals surface area contributed by atoms with Crippen molar-refractivity contribution in [2.75, 3.05) is 33.3 Å². The number of phenols is 2.